The van der Waals surface area contributed by atoms with Crippen molar-refractivity contribution in [3.05, 3.63) is 260 Å². The van der Waals surface area contributed by atoms with Gasteiger partial charge < -0.3 is 9.80 Å². The third-order valence-electron chi connectivity index (χ3n) is 12.4. The van der Waals surface area contributed by atoms with E-state index in [0.717, 1.165) is 63.3 Å². The average molecular weight is 817 g/mol. The van der Waals surface area contributed by atoms with Crippen LogP contribution in [-0.4, -0.2) is 0 Å². The van der Waals surface area contributed by atoms with E-state index in [-0.39, 0.29) is 0 Å². The number of hydrogen-bond donors (Lipinski definition) is 0. The highest BCUT2D eigenvalue weighted by Gasteiger charge is 2.27. The van der Waals surface area contributed by atoms with Gasteiger partial charge in [-0.3, -0.25) is 0 Å². The van der Waals surface area contributed by atoms with Gasteiger partial charge in [-0.2, -0.15) is 0 Å². The quantitative estimate of drug-likeness (QED) is 0.136. The summed E-state index contributed by atoms with van der Waals surface area (Å²) in [6, 6.07) is 89.8. The molecule has 10 aromatic carbocycles. The first-order valence-electron chi connectivity index (χ1n) is 22.1. The first-order chi connectivity index (χ1) is 31.8. The second-order valence-corrected chi connectivity index (χ2v) is 16.2. The minimum absolute atomic E-state index is 0.971. The normalized spacial score (nSPS) is 11.8. The molecule has 1 aliphatic rings. The van der Waals surface area contributed by atoms with Crippen LogP contribution in [0.25, 0.3) is 61.4 Å². The topological polar surface area (TPSA) is 6.48 Å². The highest BCUT2D eigenvalue weighted by Crippen LogP contribution is 2.50. The molecule has 0 N–H and O–H groups in total. The number of para-hydroxylation sites is 2. The Hall–Kier alpha value is -8.38. The largest absolute Gasteiger partial charge is 0.308 e. The molecule has 10 aromatic rings. The molecule has 1 aliphatic carbocycles. The third-order valence-corrected chi connectivity index (χ3v) is 12.4. The van der Waals surface area contributed by atoms with Gasteiger partial charge in [-0.25, -0.2) is 0 Å². The summed E-state index contributed by atoms with van der Waals surface area (Å²) >= 11 is 0. The Morgan fingerprint density at radius 3 is 1.38 bits per heavy atom. The van der Waals surface area contributed by atoms with E-state index in [0.29, 0.717) is 0 Å². The summed E-state index contributed by atoms with van der Waals surface area (Å²) in [7, 11) is 0. The third kappa shape index (κ3) is 7.30. The summed E-state index contributed by atoms with van der Waals surface area (Å²) in [6.07, 6.45) is 6.65. The van der Waals surface area contributed by atoms with Crippen molar-refractivity contribution in [2.24, 2.45) is 0 Å². The lowest BCUT2D eigenvalue weighted by Crippen LogP contribution is -2.18. The predicted octanol–water partition coefficient (Wildman–Crippen LogP) is 17.0. The van der Waals surface area contributed by atoms with Crippen molar-refractivity contribution in [2.75, 3.05) is 9.80 Å². The van der Waals surface area contributed by atoms with E-state index in [9.17, 15) is 0 Å². The van der Waals surface area contributed by atoms with Gasteiger partial charge in [0.05, 0.1) is 28.1 Å². The van der Waals surface area contributed by atoms with Crippen molar-refractivity contribution >= 4 is 51.0 Å². The zero-order valence-electron chi connectivity index (χ0n) is 35.4. The van der Waals surface area contributed by atoms with E-state index >= 15 is 0 Å². The zero-order valence-corrected chi connectivity index (χ0v) is 35.4. The Kier molecular flexibility index (Phi) is 10.3. The van der Waals surface area contributed by atoms with Crippen molar-refractivity contribution in [1.29, 1.82) is 0 Å². The fraction of sp³-hybridized carbons (Fsp3) is 0.0323. The molecule has 0 amide bonds. The molecule has 0 saturated carbocycles. The van der Waals surface area contributed by atoms with Crippen LogP contribution < -0.4 is 9.80 Å². The van der Waals surface area contributed by atoms with Crippen LogP contribution in [0, 0.1) is 12.1 Å². The van der Waals surface area contributed by atoms with Crippen LogP contribution in [0.4, 0.5) is 34.1 Å². The number of fused-ring (bicyclic) bond motifs is 2. The number of benzene rings is 9. The van der Waals surface area contributed by atoms with Crippen LogP contribution in [-0.2, 0) is 6.42 Å². The molecule has 0 aliphatic heterocycles. The maximum absolute atomic E-state index is 3.59. The minimum atomic E-state index is 0.971. The molecule has 2 heteroatoms. The molecule has 0 bridgehead atoms. The van der Waals surface area contributed by atoms with Crippen LogP contribution in [0.3, 0.4) is 0 Å². The standard InChI is InChI=1S/C62H44N2/c1-5-19-45(20-6-1)47-33-37-51(38-34-47)63(59-43-41-53(49-23-9-3-10-24-49)55-27-13-15-29-57(55)59)61-31-17-18-32-62(61)64(52-39-35-48(36-40-52)46-21-7-2-8-22-46)60-44-42-54(50-25-11-4-12-26-50)56-28-14-16-30-58(56)60/h1-13,16-27,30-44H,14,28H2. The Morgan fingerprint density at radius 1 is 0.359 bits per heavy atom. The fourth-order valence-corrected chi connectivity index (χ4v) is 9.35. The van der Waals surface area contributed by atoms with E-state index in [2.05, 4.69) is 259 Å². The molecule has 2 nitrogen and oxygen atoms in total. The van der Waals surface area contributed by atoms with Gasteiger partial charge in [0.2, 0.25) is 0 Å². The lowest BCUT2D eigenvalue weighted by Gasteiger charge is -2.35. The number of allylic oxidation sites excluding steroid dienone is 1. The lowest BCUT2D eigenvalue weighted by atomic mass is 9.87. The number of nitrogens with zero attached hydrogens (tertiary/aromatic N) is 2. The van der Waals surface area contributed by atoms with Crippen molar-refractivity contribution < 1.29 is 0 Å². The van der Waals surface area contributed by atoms with Crippen LogP contribution in [0.5, 0.6) is 0 Å². The Morgan fingerprint density at radius 2 is 0.812 bits per heavy atom. The lowest BCUT2D eigenvalue weighted by molar-refractivity contribution is 0.986. The van der Waals surface area contributed by atoms with Crippen LogP contribution in [0.1, 0.15) is 17.5 Å². The van der Waals surface area contributed by atoms with Crippen LogP contribution >= 0.6 is 0 Å². The minimum Gasteiger partial charge on any atom is -0.308 e. The molecular weight excluding hydrogens is 773 g/mol. The molecule has 0 fully saturated rings. The van der Waals surface area contributed by atoms with Crippen molar-refractivity contribution in [1.82, 2.24) is 0 Å². The van der Waals surface area contributed by atoms with Gasteiger partial charge in [0, 0.05) is 22.3 Å². The van der Waals surface area contributed by atoms with E-state index in [4.69, 9.17) is 0 Å². The highest BCUT2D eigenvalue weighted by atomic mass is 15.2. The molecule has 0 unspecified atom stereocenters. The Labute approximate surface area is 376 Å². The smallest absolute Gasteiger partial charge is 0.0702 e. The molecule has 0 heterocycles. The summed E-state index contributed by atoms with van der Waals surface area (Å²) in [4.78, 5) is 4.88. The van der Waals surface area contributed by atoms with Gasteiger partial charge in [-0.15, -0.1) is 0 Å². The Bertz CT molecular complexity index is 3230. The van der Waals surface area contributed by atoms with Gasteiger partial charge in [0.25, 0.3) is 0 Å². The zero-order chi connectivity index (χ0) is 42.7. The average Bonchev–Trinajstić information content (AvgIpc) is 3.38. The van der Waals surface area contributed by atoms with E-state index < -0.39 is 0 Å². The second-order valence-electron chi connectivity index (χ2n) is 16.2. The van der Waals surface area contributed by atoms with Gasteiger partial charge in [0.15, 0.2) is 0 Å². The molecule has 64 heavy (non-hydrogen) atoms. The van der Waals surface area contributed by atoms with Crippen LogP contribution in [0.15, 0.2) is 237 Å². The summed E-state index contributed by atoms with van der Waals surface area (Å²) in [5.41, 5.74) is 18.5. The van der Waals surface area contributed by atoms with Gasteiger partial charge in [-0.1, -0.05) is 194 Å². The number of rotatable bonds is 10. The predicted molar refractivity (Wildman–Crippen MR) is 270 cm³/mol. The molecule has 0 saturated heterocycles. The molecule has 302 valence electrons. The maximum Gasteiger partial charge on any atom is 0.0702 e. The Balaban J connectivity index is 1.15. The summed E-state index contributed by atoms with van der Waals surface area (Å²) in [6.45, 7) is 0. The van der Waals surface area contributed by atoms with Crippen molar-refractivity contribution in [3.8, 4) is 44.5 Å². The molecule has 0 spiro atoms. The molecule has 0 aromatic heterocycles. The van der Waals surface area contributed by atoms with Gasteiger partial charge in [-0.05, 0) is 124 Å². The van der Waals surface area contributed by atoms with E-state index in [1.807, 2.05) is 6.07 Å². The van der Waals surface area contributed by atoms with E-state index in [1.54, 1.807) is 0 Å². The number of hydrogen-bond acceptors (Lipinski definition) is 2. The van der Waals surface area contributed by atoms with Crippen molar-refractivity contribution in [2.45, 2.75) is 12.8 Å². The fourth-order valence-electron chi connectivity index (χ4n) is 9.35. The summed E-state index contributed by atoms with van der Waals surface area (Å²) < 4.78 is 0. The first kappa shape index (κ1) is 38.5. The van der Waals surface area contributed by atoms with Crippen molar-refractivity contribution in [3.63, 3.8) is 0 Å². The first-order valence-corrected chi connectivity index (χ1v) is 22.1. The van der Waals surface area contributed by atoms with Crippen LogP contribution in [0.2, 0.25) is 0 Å². The SMILES string of the molecule is c1ccc2c(-c3ccccc3)ccc(N(c3ccc(-c4ccccc4)cc3)c3ccccc3N(c3ccc(-c4ccccc4)cc3)c3ccc(-c4ccccc4)c4c3C=CCC4)c2c#1. The monoisotopic (exact) mass is 816 g/mol. The van der Waals surface area contributed by atoms with Gasteiger partial charge >= 0.3 is 0 Å². The number of anilines is 6. The highest BCUT2D eigenvalue weighted by molar-refractivity contribution is 6.07. The summed E-state index contributed by atoms with van der Waals surface area (Å²) in [5.74, 6) is 0. The molecule has 11 rings (SSSR count). The van der Waals surface area contributed by atoms with E-state index in [1.165, 1.54) is 50.1 Å². The summed E-state index contributed by atoms with van der Waals surface area (Å²) in [5, 5.41) is 2.12. The molecule has 0 radical (unpaired) electrons. The maximum atomic E-state index is 3.59. The van der Waals surface area contributed by atoms with Gasteiger partial charge in [0.1, 0.15) is 0 Å². The molecule has 0 atom stereocenters. The molecular formula is C62H44N2. The second kappa shape index (κ2) is 17.2.